The third-order valence-electron chi connectivity index (χ3n) is 5.53. The van der Waals surface area contributed by atoms with Crippen LogP contribution in [0.4, 0.5) is 16.2 Å². The average Bonchev–Trinajstić information content (AvgIpc) is 3.41. The molecule has 2 heterocycles. The molecular weight excluding hydrogens is 472 g/mol. The van der Waals surface area contributed by atoms with Crippen LogP contribution in [0.5, 0.6) is 0 Å². The maximum atomic E-state index is 13.2. The fourth-order valence-electron chi connectivity index (χ4n) is 3.73. The van der Waals surface area contributed by atoms with Gasteiger partial charge in [-0.05, 0) is 42.8 Å². The van der Waals surface area contributed by atoms with Gasteiger partial charge >= 0.3 is 11.8 Å². The molecule has 0 bridgehead atoms. The maximum absolute atomic E-state index is 13.2. The first-order valence-electron chi connectivity index (χ1n) is 11.2. The van der Waals surface area contributed by atoms with Gasteiger partial charge in [-0.3, -0.25) is 14.3 Å². The van der Waals surface area contributed by atoms with Crippen LogP contribution < -0.4 is 21.7 Å². The minimum absolute atomic E-state index is 0.147. The van der Waals surface area contributed by atoms with Crippen molar-refractivity contribution >= 4 is 45.8 Å². The number of amides is 3. The van der Waals surface area contributed by atoms with E-state index in [0.717, 1.165) is 30.2 Å². The first-order chi connectivity index (χ1) is 16.9. The summed E-state index contributed by atoms with van der Waals surface area (Å²) >= 11 is 6.10. The molecule has 4 N–H and O–H groups in total. The van der Waals surface area contributed by atoms with E-state index in [1.54, 1.807) is 41.9 Å². The van der Waals surface area contributed by atoms with E-state index in [9.17, 15) is 14.4 Å². The number of aromatic nitrogens is 3. The molecule has 0 radical (unpaired) electrons. The summed E-state index contributed by atoms with van der Waals surface area (Å²) in [6.45, 7) is 2.72. The van der Waals surface area contributed by atoms with Crippen LogP contribution >= 0.6 is 11.6 Å². The number of anilines is 2. The predicted octanol–water partition coefficient (Wildman–Crippen LogP) is 4.74. The highest BCUT2D eigenvalue weighted by Gasteiger charge is 2.18. The van der Waals surface area contributed by atoms with Gasteiger partial charge in [0.25, 0.3) is 5.91 Å². The summed E-state index contributed by atoms with van der Waals surface area (Å²) in [6.07, 6.45) is 3.08. The van der Waals surface area contributed by atoms with Crippen LogP contribution in [0.1, 0.15) is 36.7 Å². The van der Waals surface area contributed by atoms with Gasteiger partial charge in [-0.15, -0.1) is 0 Å². The number of fused-ring (bicyclic) bond motifs is 1. The van der Waals surface area contributed by atoms with Crippen molar-refractivity contribution in [2.75, 3.05) is 17.2 Å². The zero-order valence-electron chi connectivity index (χ0n) is 19.3. The third kappa shape index (κ3) is 5.55. The molecule has 0 aliphatic carbocycles. The number of H-pyrrole nitrogens is 1. The van der Waals surface area contributed by atoms with Crippen LogP contribution in [0.25, 0.3) is 22.3 Å². The lowest BCUT2D eigenvalue weighted by Crippen LogP contribution is -2.29. The van der Waals surface area contributed by atoms with Gasteiger partial charge in [0.15, 0.2) is 5.82 Å². The van der Waals surface area contributed by atoms with Crippen molar-refractivity contribution in [3.05, 3.63) is 63.7 Å². The number of rotatable bonds is 8. The molecule has 0 unspecified atom stereocenters. The van der Waals surface area contributed by atoms with Crippen LogP contribution in [0, 0.1) is 0 Å². The highest BCUT2D eigenvalue weighted by molar-refractivity contribution is 6.31. The molecule has 0 spiro atoms. The van der Waals surface area contributed by atoms with E-state index in [0.29, 0.717) is 34.2 Å². The number of hydrogen-bond donors (Lipinski definition) is 4. The molecule has 35 heavy (non-hydrogen) atoms. The summed E-state index contributed by atoms with van der Waals surface area (Å²) in [5.41, 5.74) is 2.60. The molecule has 182 valence electrons. The predicted molar refractivity (Wildman–Crippen MR) is 135 cm³/mol. The van der Waals surface area contributed by atoms with Crippen LogP contribution in [0.3, 0.4) is 0 Å². The fraction of sp³-hybridized carbons (Fsp3) is 0.250. The highest BCUT2D eigenvalue weighted by Crippen LogP contribution is 2.29. The number of hydrogen-bond acceptors (Lipinski definition) is 5. The maximum Gasteiger partial charge on any atom is 0.439 e. The molecule has 0 saturated heterocycles. The Morgan fingerprint density at radius 1 is 1.11 bits per heavy atom. The molecule has 4 aromatic rings. The smallest absolute Gasteiger partial charge is 0.340 e. The fourth-order valence-corrected chi connectivity index (χ4v) is 3.90. The molecule has 11 heteroatoms. The van der Waals surface area contributed by atoms with Gasteiger partial charge in [0.2, 0.25) is 0 Å². The first-order valence-corrected chi connectivity index (χ1v) is 11.5. The van der Waals surface area contributed by atoms with Crippen LogP contribution in [-0.4, -0.2) is 33.2 Å². The molecule has 0 saturated carbocycles. The van der Waals surface area contributed by atoms with Gasteiger partial charge < -0.3 is 20.5 Å². The van der Waals surface area contributed by atoms with Crippen molar-refractivity contribution in [2.45, 2.75) is 26.2 Å². The minimum atomic E-state index is -0.718. The average molecular weight is 497 g/mol. The Bertz CT molecular complexity index is 1440. The van der Waals surface area contributed by atoms with Crippen molar-refractivity contribution in [1.82, 2.24) is 20.0 Å². The summed E-state index contributed by atoms with van der Waals surface area (Å²) in [6, 6.07) is 11.7. The molecule has 0 atom stereocenters. The molecule has 2 aromatic carbocycles. The van der Waals surface area contributed by atoms with Gasteiger partial charge in [-0.2, -0.15) is 0 Å². The van der Waals surface area contributed by atoms with Crippen molar-refractivity contribution in [2.24, 2.45) is 7.05 Å². The molecule has 0 fully saturated rings. The minimum Gasteiger partial charge on any atom is -0.340 e. The van der Waals surface area contributed by atoms with E-state index in [2.05, 4.69) is 37.5 Å². The summed E-state index contributed by atoms with van der Waals surface area (Å²) in [5.74, 6) is -0.945. The molecule has 0 aliphatic rings. The third-order valence-corrected chi connectivity index (χ3v) is 5.76. The summed E-state index contributed by atoms with van der Waals surface area (Å²) in [7, 11) is 1.77. The lowest BCUT2D eigenvalue weighted by Gasteiger charge is -2.11. The Labute approximate surface area is 205 Å². The van der Waals surface area contributed by atoms with Crippen molar-refractivity contribution in [3.63, 3.8) is 0 Å². The Morgan fingerprint density at radius 3 is 2.69 bits per heavy atom. The summed E-state index contributed by atoms with van der Waals surface area (Å²) in [5, 5.41) is 13.4. The summed E-state index contributed by atoms with van der Waals surface area (Å²) in [4.78, 5) is 39.1. The van der Waals surface area contributed by atoms with Gasteiger partial charge in [0.1, 0.15) is 5.69 Å². The van der Waals surface area contributed by atoms with Crippen molar-refractivity contribution in [3.8, 4) is 11.4 Å². The van der Waals surface area contributed by atoms with E-state index in [1.165, 1.54) is 0 Å². The SMILES string of the molecule is CCCCCNC(=O)Nc1ccc2cc(C(=O)Nc3ccc(Cl)cc3-c3noc(=O)[nH]3)n(C)c2c1. The molecule has 2 aromatic heterocycles. The van der Waals surface area contributed by atoms with Crippen molar-refractivity contribution in [1.29, 1.82) is 0 Å². The Balaban J connectivity index is 1.54. The molecule has 10 nitrogen and oxygen atoms in total. The number of urea groups is 1. The quantitative estimate of drug-likeness (QED) is 0.261. The second kappa shape index (κ2) is 10.5. The highest BCUT2D eigenvalue weighted by atomic mass is 35.5. The second-order valence-electron chi connectivity index (χ2n) is 8.04. The first kappa shape index (κ1) is 24.1. The number of unbranched alkanes of at least 4 members (excludes halogenated alkanes) is 2. The molecular formula is C24H25ClN6O4. The Hall–Kier alpha value is -4.05. The zero-order chi connectivity index (χ0) is 24.9. The van der Waals surface area contributed by atoms with E-state index in [1.807, 2.05) is 12.1 Å². The number of halogens is 1. The zero-order valence-corrected chi connectivity index (χ0v) is 20.0. The molecule has 3 amide bonds. The lowest BCUT2D eigenvalue weighted by molar-refractivity contribution is 0.101. The van der Waals surface area contributed by atoms with Crippen LogP contribution in [0.2, 0.25) is 5.02 Å². The van der Waals surface area contributed by atoms with Gasteiger partial charge in [0, 0.05) is 35.3 Å². The van der Waals surface area contributed by atoms with Gasteiger partial charge in [0.05, 0.1) is 11.2 Å². The monoisotopic (exact) mass is 496 g/mol. The number of nitrogens with zero attached hydrogens (tertiary/aromatic N) is 2. The number of carbonyl (C=O) groups is 2. The van der Waals surface area contributed by atoms with Gasteiger partial charge in [-0.1, -0.05) is 42.6 Å². The van der Waals surface area contributed by atoms with Crippen LogP contribution in [0.15, 0.2) is 51.8 Å². The van der Waals surface area contributed by atoms with Crippen LogP contribution in [-0.2, 0) is 7.05 Å². The number of aromatic amines is 1. The molecule has 4 rings (SSSR count). The van der Waals surface area contributed by atoms with Gasteiger partial charge in [-0.25, -0.2) is 9.59 Å². The number of aryl methyl sites for hydroxylation is 1. The van der Waals surface area contributed by atoms with E-state index < -0.39 is 5.76 Å². The normalized spacial score (nSPS) is 10.9. The van der Waals surface area contributed by atoms with E-state index in [-0.39, 0.29) is 17.8 Å². The molecule has 0 aliphatic heterocycles. The number of benzene rings is 2. The Kier molecular flexibility index (Phi) is 7.21. The Morgan fingerprint density at radius 2 is 1.94 bits per heavy atom. The standard InChI is InChI=1S/C24H25ClN6O4/c1-3-4-5-10-26-23(33)27-16-8-6-14-11-20(31(2)19(14)13-16)22(32)28-18-9-7-15(25)12-17(18)21-29-24(34)35-30-21/h6-9,11-13H,3-5,10H2,1-2H3,(H,28,32)(H2,26,27,33)(H,29,30,34). The second-order valence-corrected chi connectivity index (χ2v) is 8.47. The number of carbonyl (C=O) groups excluding carboxylic acids is 2. The number of nitrogens with one attached hydrogen (secondary N) is 4. The van der Waals surface area contributed by atoms with E-state index >= 15 is 0 Å². The van der Waals surface area contributed by atoms with E-state index in [4.69, 9.17) is 11.6 Å². The largest absolute Gasteiger partial charge is 0.439 e. The summed E-state index contributed by atoms with van der Waals surface area (Å²) < 4.78 is 6.32. The van der Waals surface area contributed by atoms with Crippen molar-refractivity contribution < 1.29 is 14.1 Å². The topological polar surface area (TPSA) is 134 Å². The lowest BCUT2D eigenvalue weighted by atomic mass is 10.1.